The first kappa shape index (κ1) is 20.3. The molecule has 2 N–H and O–H groups in total. The van der Waals surface area contributed by atoms with E-state index in [2.05, 4.69) is 5.32 Å². The first-order chi connectivity index (χ1) is 12.3. The minimum Gasteiger partial charge on any atom is -0.481 e. The molecule has 0 bridgehead atoms. The lowest BCUT2D eigenvalue weighted by atomic mass is 10.1. The van der Waals surface area contributed by atoms with Crippen molar-refractivity contribution in [2.24, 2.45) is 0 Å². The summed E-state index contributed by atoms with van der Waals surface area (Å²) in [5.41, 5.74) is 0.840. The molecule has 1 saturated heterocycles. The molecule has 0 aliphatic carbocycles. The Kier molecular flexibility index (Phi) is 7.13. The number of nitrogens with one attached hydrogen (secondary N) is 1. The van der Waals surface area contributed by atoms with Crippen LogP contribution < -0.4 is 5.32 Å². The Morgan fingerprint density at radius 2 is 1.85 bits per heavy atom. The molecule has 0 saturated carbocycles. The molecule has 9 heteroatoms. The van der Waals surface area contributed by atoms with Gasteiger partial charge in [0.1, 0.15) is 0 Å². The Bertz CT molecular complexity index is 726. The van der Waals surface area contributed by atoms with Crippen molar-refractivity contribution in [2.75, 3.05) is 26.3 Å². The first-order valence-electron chi connectivity index (χ1n) is 8.47. The predicted molar refractivity (Wildman–Crippen MR) is 94.2 cm³/mol. The molecule has 1 fully saturated rings. The van der Waals surface area contributed by atoms with E-state index in [-0.39, 0.29) is 23.6 Å². The fraction of sp³-hybridized carbons (Fsp3) is 0.529. The van der Waals surface area contributed by atoms with E-state index in [0.717, 1.165) is 5.56 Å². The van der Waals surface area contributed by atoms with Crippen LogP contribution in [0.5, 0.6) is 0 Å². The Balaban J connectivity index is 1.89. The van der Waals surface area contributed by atoms with Gasteiger partial charge in [-0.25, -0.2) is 8.42 Å². The quantitative estimate of drug-likeness (QED) is 0.679. The van der Waals surface area contributed by atoms with Crippen LogP contribution in [0.15, 0.2) is 29.2 Å². The summed E-state index contributed by atoms with van der Waals surface area (Å²) in [4.78, 5) is 22.6. The molecule has 144 valence electrons. The van der Waals surface area contributed by atoms with Crippen molar-refractivity contribution in [3.8, 4) is 0 Å². The smallest absolute Gasteiger partial charge is 0.305 e. The third kappa shape index (κ3) is 5.79. The fourth-order valence-electron chi connectivity index (χ4n) is 2.68. The van der Waals surface area contributed by atoms with Crippen LogP contribution in [0.25, 0.3) is 0 Å². The Hall–Kier alpha value is -1.97. The molecule has 0 spiro atoms. The molecule has 1 aliphatic rings. The number of amides is 1. The molecule has 1 unspecified atom stereocenters. The normalized spacial score (nSPS) is 16.8. The van der Waals surface area contributed by atoms with Crippen molar-refractivity contribution < 1.29 is 27.9 Å². The monoisotopic (exact) mass is 384 g/mol. The van der Waals surface area contributed by atoms with Gasteiger partial charge in [0.2, 0.25) is 15.9 Å². The lowest BCUT2D eigenvalue weighted by molar-refractivity contribution is -0.137. The van der Waals surface area contributed by atoms with Crippen molar-refractivity contribution >= 4 is 21.9 Å². The highest BCUT2D eigenvalue weighted by Crippen LogP contribution is 2.18. The van der Waals surface area contributed by atoms with Crippen LogP contribution >= 0.6 is 0 Å². The minimum atomic E-state index is -3.52. The van der Waals surface area contributed by atoms with Crippen molar-refractivity contribution in [1.82, 2.24) is 9.62 Å². The summed E-state index contributed by atoms with van der Waals surface area (Å²) in [6.07, 6.45) is 0.531. The second-order valence-electron chi connectivity index (χ2n) is 6.23. The predicted octanol–water partition coefficient (Wildman–Crippen LogP) is 0.620. The van der Waals surface area contributed by atoms with Crippen LogP contribution in [0.3, 0.4) is 0 Å². The number of aryl methyl sites for hydroxylation is 1. The molecule has 26 heavy (non-hydrogen) atoms. The van der Waals surface area contributed by atoms with Gasteiger partial charge in [0.25, 0.3) is 0 Å². The lowest BCUT2D eigenvalue weighted by Gasteiger charge is -2.26. The van der Waals surface area contributed by atoms with Crippen molar-refractivity contribution in [3.63, 3.8) is 0 Å². The molecule has 1 amide bonds. The Morgan fingerprint density at radius 1 is 1.23 bits per heavy atom. The van der Waals surface area contributed by atoms with Gasteiger partial charge in [0, 0.05) is 25.6 Å². The number of benzene rings is 1. The number of carbonyl (C=O) groups is 2. The molecular formula is C17H24N2O6S. The molecule has 1 aromatic carbocycles. The largest absolute Gasteiger partial charge is 0.481 e. The summed E-state index contributed by atoms with van der Waals surface area (Å²) in [7, 11) is -3.52. The molecule has 0 radical (unpaired) electrons. The molecule has 1 aliphatic heterocycles. The highest BCUT2D eigenvalue weighted by molar-refractivity contribution is 7.89. The minimum absolute atomic E-state index is 0.125. The molecule has 1 atom stereocenters. The number of carbonyl (C=O) groups excluding carboxylic acids is 1. The third-order valence-corrected chi connectivity index (χ3v) is 5.97. The summed E-state index contributed by atoms with van der Waals surface area (Å²) in [5.74, 6) is -1.20. The maximum atomic E-state index is 12.5. The lowest BCUT2D eigenvalue weighted by Crippen LogP contribution is -2.40. The van der Waals surface area contributed by atoms with Crippen molar-refractivity contribution in [1.29, 1.82) is 0 Å². The molecule has 1 aromatic rings. The van der Waals surface area contributed by atoms with Crippen LogP contribution in [-0.4, -0.2) is 62.1 Å². The fourth-order valence-corrected chi connectivity index (χ4v) is 4.09. The van der Waals surface area contributed by atoms with E-state index in [9.17, 15) is 18.0 Å². The molecule has 1 heterocycles. The number of morpholine rings is 1. The summed E-state index contributed by atoms with van der Waals surface area (Å²) < 4.78 is 31.6. The molecular weight excluding hydrogens is 360 g/mol. The highest BCUT2D eigenvalue weighted by Gasteiger charge is 2.26. The number of nitrogens with zero attached hydrogens (tertiary/aromatic N) is 1. The number of carboxylic acids is 1. The number of carboxylic acid groups (broad SMARTS) is 1. The van der Waals surface area contributed by atoms with E-state index < -0.39 is 22.0 Å². The van der Waals surface area contributed by atoms with E-state index in [0.29, 0.717) is 32.7 Å². The van der Waals surface area contributed by atoms with Gasteiger partial charge in [-0.1, -0.05) is 12.1 Å². The van der Waals surface area contributed by atoms with E-state index in [1.165, 1.54) is 4.31 Å². The zero-order chi connectivity index (χ0) is 19.2. The maximum absolute atomic E-state index is 12.5. The van der Waals surface area contributed by atoms with E-state index in [4.69, 9.17) is 9.84 Å². The van der Waals surface area contributed by atoms with Gasteiger partial charge in [-0.2, -0.15) is 4.31 Å². The summed E-state index contributed by atoms with van der Waals surface area (Å²) in [5, 5.41) is 11.3. The Labute approximate surface area is 153 Å². The number of sulfonamides is 1. The van der Waals surface area contributed by atoms with Gasteiger partial charge >= 0.3 is 5.97 Å². The van der Waals surface area contributed by atoms with Crippen LogP contribution in [0.2, 0.25) is 0 Å². The molecule has 2 rings (SSSR count). The van der Waals surface area contributed by atoms with Crippen LogP contribution in [0.4, 0.5) is 0 Å². The van der Waals surface area contributed by atoms with Crippen LogP contribution in [0, 0.1) is 0 Å². The van der Waals surface area contributed by atoms with Gasteiger partial charge in [-0.15, -0.1) is 0 Å². The number of rotatable bonds is 8. The Morgan fingerprint density at radius 3 is 2.42 bits per heavy atom. The second kappa shape index (κ2) is 9.11. The SMILES string of the molecule is CC(CC(=O)O)NC(=O)CCc1ccc(S(=O)(=O)N2CCOCC2)cc1. The molecule has 8 nitrogen and oxygen atoms in total. The van der Waals surface area contributed by atoms with Crippen LogP contribution in [0.1, 0.15) is 25.3 Å². The molecule has 0 aromatic heterocycles. The van der Waals surface area contributed by atoms with Crippen molar-refractivity contribution in [3.05, 3.63) is 29.8 Å². The summed E-state index contributed by atoms with van der Waals surface area (Å²) in [6.45, 7) is 3.12. The summed E-state index contributed by atoms with van der Waals surface area (Å²) in [6, 6.07) is 6.06. The number of hydrogen-bond donors (Lipinski definition) is 2. The second-order valence-corrected chi connectivity index (χ2v) is 8.16. The average Bonchev–Trinajstić information content (AvgIpc) is 2.60. The number of aliphatic carboxylic acids is 1. The van der Waals surface area contributed by atoms with Gasteiger partial charge in [0.05, 0.1) is 24.5 Å². The van der Waals surface area contributed by atoms with Gasteiger partial charge in [-0.3, -0.25) is 9.59 Å². The van der Waals surface area contributed by atoms with Gasteiger partial charge in [0.15, 0.2) is 0 Å². The van der Waals surface area contributed by atoms with Crippen LogP contribution in [-0.2, 0) is 30.8 Å². The number of ether oxygens (including phenoxy) is 1. The third-order valence-electron chi connectivity index (χ3n) is 4.06. The maximum Gasteiger partial charge on any atom is 0.305 e. The topological polar surface area (TPSA) is 113 Å². The summed E-state index contributed by atoms with van der Waals surface area (Å²) >= 11 is 0. The van der Waals surface area contributed by atoms with Gasteiger partial charge in [-0.05, 0) is 31.0 Å². The van der Waals surface area contributed by atoms with Gasteiger partial charge < -0.3 is 15.2 Å². The standard InChI is InChI=1S/C17H24N2O6S/c1-13(12-17(21)22)18-16(20)7-4-14-2-5-15(6-3-14)26(23,24)19-8-10-25-11-9-19/h2-3,5-6,13H,4,7-12H2,1H3,(H,18,20)(H,21,22). The van der Waals surface area contributed by atoms with E-state index in [1.54, 1.807) is 31.2 Å². The number of hydrogen-bond acceptors (Lipinski definition) is 5. The van der Waals surface area contributed by atoms with E-state index in [1.807, 2.05) is 0 Å². The highest BCUT2D eigenvalue weighted by atomic mass is 32.2. The first-order valence-corrected chi connectivity index (χ1v) is 9.91. The van der Waals surface area contributed by atoms with Crippen molar-refractivity contribution in [2.45, 2.75) is 37.1 Å². The zero-order valence-electron chi connectivity index (χ0n) is 14.7. The average molecular weight is 384 g/mol. The van der Waals surface area contributed by atoms with E-state index >= 15 is 0 Å². The zero-order valence-corrected chi connectivity index (χ0v) is 15.5.